The molecule has 0 atom stereocenters. The van der Waals surface area contributed by atoms with Gasteiger partial charge in [-0.3, -0.25) is 4.98 Å². The van der Waals surface area contributed by atoms with Crippen molar-refractivity contribution in [3.05, 3.63) is 87.9 Å². The SMILES string of the molecule is [2H]c1c([2H])c([2H])c(-c2nc(N)n3c(=O)n(Cc4ccc(F)c(N)n4)nc3c2-c2cc(C)nc(CO)c2)c([2H])c1[2H]. The Kier molecular flexibility index (Phi) is 4.16. The highest BCUT2D eigenvalue weighted by Crippen LogP contribution is 2.34. The lowest BCUT2D eigenvalue weighted by molar-refractivity contribution is 0.276. The minimum Gasteiger partial charge on any atom is -0.390 e. The van der Waals surface area contributed by atoms with E-state index in [-0.39, 0.29) is 52.2 Å². The van der Waals surface area contributed by atoms with E-state index in [4.69, 9.17) is 18.3 Å². The molecule has 0 saturated carbocycles. The number of hydrogen-bond donors (Lipinski definition) is 3. The van der Waals surface area contributed by atoms with Crippen molar-refractivity contribution in [1.29, 1.82) is 0 Å². The molecule has 35 heavy (non-hydrogen) atoms. The van der Waals surface area contributed by atoms with E-state index in [2.05, 4.69) is 20.1 Å². The van der Waals surface area contributed by atoms with Crippen molar-refractivity contribution in [3.8, 4) is 22.4 Å². The van der Waals surface area contributed by atoms with Crippen molar-refractivity contribution in [2.24, 2.45) is 0 Å². The van der Waals surface area contributed by atoms with Gasteiger partial charge in [-0.15, -0.1) is 5.10 Å². The van der Waals surface area contributed by atoms with Crippen molar-refractivity contribution in [3.63, 3.8) is 0 Å². The van der Waals surface area contributed by atoms with Gasteiger partial charge in [0.1, 0.15) is 0 Å². The summed E-state index contributed by atoms with van der Waals surface area (Å²) in [5.74, 6) is -1.45. The first-order valence-corrected chi connectivity index (χ1v) is 10.3. The number of nitrogens with zero attached hydrogens (tertiary/aromatic N) is 6. The molecule has 10 nitrogen and oxygen atoms in total. The van der Waals surface area contributed by atoms with Crippen LogP contribution in [0.5, 0.6) is 0 Å². The summed E-state index contributed by atoms with van der Waals surface area (Å²) < 4.78 is 56.9. The molecule has 0 aliphatic heterocycles. The third-order valence-corrected chi connectivity index (χ3v) is 5.19. The Morgan fingerprint density at radius 3 is 2.54 bits per heavy atom. The van der Waals surface area contributed by atoms with E-state index in [1.807, 2.05) is 0 Å². The van der Waals surface area contributed by atoms with Crippen molar-refractivity contribution >= 4 is 17.4 Å². The Morgan fingerprint density at radius 2 is 1.83 bits per heavy atom. The maximum atomic E-state index is 13.6. The molecule has 5 aromatic rings. The molecule has 0 unspecified atom stereocenters. The second kappa shape index (κ2) is 8.61. The highest BCUT2D eigenvalue weighted by atomic mass is 19.1. The van der Waals surface area contributed by atoms with Gasteiger partial charge in [0.15, 0.2) is 17.3 Å². The largest absolute Gasteiger partial charge is 0.390 e. The third-order valence-electron chi connectivity index (χ3n) is 5.19. The number of nitrogens with two attached hydrogens (primary N) is 2. The lowest BCUT2D eigenvalue weighted by Crippen LogP contribution is -2.24. The summed E-state index contributed by atoms with van der Waals surface area (Å²) in [5, 5.41) is 14.2. The molecule has 11 heteroatoms. The number of halogens is 1. The number of aromatic nitrogens is 6. The molecule has 0 spiro atoms. The molecule has 5 N–H and O–H groups in total. The van der Waals surface area contributed by atoms with Crippen LogP contribution < -0.4 is 17.2 Å². The molecule has 4 heterocycles. The van der Waals surface area contributed by atoms with Gasteiger partial charge in [-0.05, 0) is 36.8 Å². The number of aliphatic hydroxyl groups excluding tert-OH is 1. The van der Waals surface area contributed by atoms with Gasteiger partial charge in [0.25, 0.3) is 0 Å². The number of benzene rings is 1. The first kappa shape index (κ1) is 16.9. The van der Waals surface area contributed by atoms with E-state index in [1.165, 1.54) is 12.1 Å². The van der Waals surface area contributed by atoms with E-state index in [0.717, 1.165) is 15.1 Å². The Bertz CT molecular complexity index is 1880. The topological polar surface area (TPSA) is 150 Å². The van der Waals surface area contributed by atoms with Crippen LogP contribution in [-0.4, -0.2) is 34.2 Å². The summed E-state index contributed by atoms with van der Waals surface area (Å²) in [6.07, 6.45) is 0. The van der Waals surface area contributed by atoms with Gasteiger partial charge in [0.05, 0.1) is 42.7 Å². The van der Waals surface area contributed by atoms with Crippen LogP contribution in [0.15, 0.2) is 59.3 Å². The van der Waals surface area contributed by atoms with Gasteiger partial charge in [0.2, 0.25) is 5.95 Å². The zero-order valence-electron chi connectivity index (χ0n) is 23.3. The average molecular weight is 478 g/mol. The smallest absolute Gasteiger partial charge is 0.353 e. The van der Waals surface area contributed by atoms with E-state index >= 15 is 0 Å². The monoisotopic (exact) mass is 477 g/mol. The molecule has 0 aliphatic carbocycles. The predicted molar refractivity (Wildman–Crippen MR) is 129 cm³/mol. The maximum Gasteiger partial charge on any atom is 0.353 e. The van der Waals surface area contributed by atoms with Crippen molar-refractivity contribution in [2.45, 2.75) is 20.1 Å². The molecule has 176 valence electrons. The van der Waals surface area contributed by atoms with Crippen LogP contribution in [0.4, 0.5) is 16.2 Å². The molecule has 0 amide bonds. The van der Waals surface area contributed by atoms with Gasteiger partial charge < -0.3 is 16.6 Å². The van der Waals surface area contributed by atoms with Crippen LogP contribution in [0.1, 0.15) is 23.9 Å². The van der Waals surface area contributed by atoms with E-state index < -0.39 is 48.3 Å². The van der Waals surface area contributed by atoms with Crippen LogP contribution in [0.3, 0.4) is 0 Å². The predicted octanol–water partition coefficient (Wildman–Crippen LogP) is 2.17. The van der Waals surface area contributed by atoms with Crippen molar-refractivity contribution in [1.82, 2.24) is 29.1 Å². The van der Waals surface area contributed by atoms with Crippen molar-refractivity contribution < 1.29 is 16.4 Å². The average Bonchev–Trinajstić information content (AvgIpc) is 3.24. The molecule has 0 aliphatic rings. The first-order chi connectivity index (χ1) is 18.9. The quantitative estimate of drug-likeness (QED) is 0.348. The highest BCUT2D eigenvalue weighted by molar-refractivity contribution is 5.90. The molecule has 0 saturated heterocycles. The van der Waals surface area contributed by atoms with Crippen LogP contribution in [0.2, 0.25) is 0 Å². The Hall–Kier alpha value is -4.64. The van der Waals surface area contributed by atoms with E-state index in [1.54, 1.807) is 13.0 Å². The van der Waals surface area contributed by atoms with Gasteiger partial charge in [-0.25, -0.2) is 28.2 Å². The zero-order valence-corrected chi connectivity index (χ0v) is 18.3. The summed E-state index contributed by atoms with van der Waals surface area (Å²) in [7, 11) is 0. The molecular weight excluding hydrogens is 451 g/mol. The summed E-state index contributed by atoms with van der Waals surface area (Å²) in [6, 6.07) is 2.70. The number of rotatable bonds is 5. The second-order valence-corrected chi connectivity index (χ2v) is 7.61. The Morgan fingerprint density at radius 1 is 1.06 bits per heavy atom. The molecule has 0 radical (unpaired) electrons. The minimum absolute atomic E-state index is 0.0520. The van der Waals surface area contributed by atoms with Crippen LogP contribution in [-0.2, 0) is 13.2 Å². The normalized spacial score (nSPS) is 13.3. The fourth-order valence-corrected chi connectivity index (χ4v) is 3.72. The lowest BCUT2D eigenvalue weighted by Gasteiger charge is -2.13. The van der Waals surface area contributed by atoms with Crippen LogP contribution >= 0.6 is 0 Å². The number of fused-ring (bicyclic) bond motifs is 1. The molecular formula is C24H21FN8O2. The fraction of sp³-hybridized carbons (Fsp3) is 0.125. The maximum absolute atomic E-state index is 13.6. The number of pyridine rings is 2. The van der Waals surface area contributed by atoms with Crippen LogP contribution in [0, 0.1) is 12.7 Å². The number of aryl methyl sites for hydroxylation is 1. The molecule has 1 aromatic carbocycles. The molecule has 4 aromatic heterocycles. The highest BCUT2D eigenvalue weighted by Gasteiger charge is 2.22. The summed E-state index contributed by atoms with van der Waals surface area (Å²) >= 11 is 0. The second-order valence-electron chi connectivity index (χ2n) is 7.61. The summed E-state index contributed by atoms with van der Waals surface area (Å²) in [5.41, 5.74) is 12.0. The number of nitrogen functional groups attached to an aromatic ring is 2. The van der Waals surface area contributed by atoms with E-state index in [0.29, 0.717) is 11.3 Å². The first-order valence-electron chi connectivity index (χ1n) is 12.8. The fourth-order valence-electron chi connectivity index (χ4n) is 3.72. The number of hydrogen-bond acceptors (Lipinski definition) is 8. The van der Waals surface area contributed by atoms with Gasteiger partial charge >= 0.3 is 5.69 Å². The third kappa shape index (κ3) is 3.97. The van der Waals surface area contributed by atoms with Gasteiger partial charge in [0, 0.05) is 11.3 Å². The minimum atomic E-state index is -0.730. The van der Waals surface area contributed by atoms with Crippen LogP contribution in [0.25, 0.3) is 28.0 Å². The zero-order chi connectivity index (χ0) is 29.0. The molecule has 5 rings (SSSR count). The van der Waals surface area contributed by atoms with Gasteiger partial charge in [-0.2, -0.15) is 0 Å². The molecule has 0 fully saturated rings. The number of aliphatic hydroxyl groups is 1. The number of anilines is 2. The summed E-state index contributed by atoms with van der Waals surface area (Å²) in [6.45, 7) is 1.03. The van der Waals surface area contributed by atoms with Gasteiger partial charge in [-0.1, -0.05) is 30.2 Å². The Labute approximate surface area is 205 Å². The Balaban J connectivity index is 1.89. The van der Waals surface area contributed by atoms with E-state index in [9.17, 15) is 14.3 Å². The summed E-state index contributed by atoms with van der Waals surface area (Å²) in [4.78, 5) is 25.9. The molecule has 0 bridgehead atoms. The standard InChI is InChI=1S/C24H21FN8O2/c1-13-9-15(10-17(12-34)28-13)19-20(14-5-3-2-4-6-14)30-23(27)33-22(19)31-32(24(33)35)11-16-7-8-18(25)21(26)29-16/h2-10,34H,11-12H2,1H3,(H2,26,29)(H2,27,30)/i2D,3D,4D,5D,6D. The lowest BCUT2D eigenvalue weighted by atomic mass is 9.99. The van der Waals surface area contributed by atoms with Crippen molar-refractivity contribution in [2.75, 3.05) is 11.5 Å².